The Morgan fingerprint density at radius 2 is 2.16 bits per heavy atom. The van der Waals surface area contributed by atoms with Gasteiger partial charge in [0.05, 0.1) is 36.5 Å². The minimum Gasteiger partial charge on any atom is -0.493 e. The Morgan fingerprint density at radius 1 is 1.40 bits per heavy atom. The van der Waals surface area contributed by atoms with Gasteiger partial charge in [-0.2, -0.15) is 5.26 Å². The Balaban J connectivity index is 2.31. The molecular weight excluding hydrogens is 392 g/mol. The van der Waals surface area contributed by atoms with Gasteiger partial charge in [0.15, 0.2) is 11.5 Å². The first-order valence-corrected chi connectivity index (χ1v) is 7.87. The lowest BCUT2D eigenvalue weighted by Gasteiger charge is -2.25. The Bertz CT molecular complexity index is 977. The molecule has 1 aromatic heterocycles. The second-order valence-corrected chi connectivity index (χ2v) is 5.97. The number of aromatic amines is 1. The third-order valence-electron chi connectivity index (χ3n) is 3.81. The molecule has 1 aliphatic heterocycles. The largest absolute Gasteiger partial charge is 0.493 e. The van der Waals surface area contributed by atoms with Crippen LogP contribution in [-0.4, -0.2) is 24.2 Å². The van der Waals surface area contributed by atoms with Gasteiger partial charge < -0.3 is 24.9 Å². The van der Waals surface area contributed by atoms with Gasteiger partial charge >= 0.3 is 0 Å². The smallest absolute Gasteiger partial charge is 0.258 e. The number of benzene rings is 1. The summed E-state index contributed by atoms with van der Waals surface area (Å²) in [7, 11) is 3.01. The Hall–Kier alpha value is -2.99. The molecule has 9 heteroatoms. The van der Waals surface area contributed by atoms with Gasteiger partial charge in [-0.3, -0.25) is 4.79 Å². The molecule has 3 rings (SSSR count). The van der Waals surface area contributed by atoms with Crippen molar-refractivity contribution in [1.29, 1.82) is 5.26 Å². The maximum atomic E-state index is 12.4. The Kier molecular flexibility index (Phi) is 4.37. The molecule has 0 aliphatic carbocycles. The van der Waals surface area contributed by atoms with Crippen LogP contribution in [0.25, 0.3) is 0 Å². The molecule has 1 atom stereocenters. The first-order chi connectivity index (χ1) is 12.0. The molecule has 0 bridgehead atoms. The number of allylic oxidation sites excluding steroid dienone is 1. The topological polar surface area (TPSA) is 123 Å². The third kappa shape index (κ3) is 2.70. The van der Waals surface area contributed by atoms with Crippen LogP contribution < -0.4 is 25.5 Å². The van der Waals surface area contributed by atoms with Gasteiger partial charge in [-0.1, -0.05) is 0 Å². The maximum Gasteiger partial charge on any atom is 0.258 e. The highest BCUT2D eigenvalue weighted by Crippen LogP contribution is 2.44. The minimum atomic E-state index is -0.748. The van der Waals surface area contributed by atoms with Crippen molar-refractivity contribution >= 4 is 15.9 Å². The van der Waals surface area contributed by atoms with Gasteiger partial charge in [-0.15, -0.1) is 0 Å². The number of aromatic nitrogens is 2. The van der Waals surface area contributed by atoms with Crippen LogP contribution in [0.5, 0.6) is 17.4 Å². The summed E-state index contributed by atoms with van der Waals surface area (Å²) in [5, 5.41) is 9.54. The lowest BCUT2D eigenvalue weighted by molar-refractivity contribution is 0.352. The number of fused-ring (bicyclic) bond motifs is 1. The second-order valence-electron chi connectivity index (χ2n) is 5.11. The molecule has 2 heterocycles. The van der Waals surface area contributed by atoms with E-state index in [9.17, 15) is 10.1 Å². The Labute approximate surface area is 151 Å². The normalized spacial score (nSPS) is 15.8. The predicted molar refractivity (Wildman–Crippen MR) is 91.4 cm³/mol. The van der Waals surface area contributed by atoms with Crippen LogP contribution in [0, 0.1) is 11.3 Å². The number of nitrogens with two attached hydrogens (primary N) is 1. The second kappa shape index (κ2) is 6.49. The molecule has 128 valence electrons. The lowest BCUT2D eigenvalue weighted by Crippen LogP contribution is -2.28. The summed E-state index contributed by atoms with van der Waals surface area (Å²) in [6.07, 6.45) is 1.22. The summed E-state index contributed by atoms with van der Waals surface area (Å²) >= 11 is 3.41. The summed E-state index contributed by atoms with van der Waals surface area (Å²) in [6, 6.07) is 5.43. The fourth-order valence-corrected chi connectivity index (χ4v) is 3.35. The molecule has 3 N–H and O–H groups in total. The highest BCUT2D eigenvalue weighted by Gasteiger charge is 2.35. The molecular formula is C16H13BrN4O4. The standard InChI is InChI=1S/C16H13BrN4O4/c1-23-10-4-7(3-9(17)13(10)24-2)11-8(5-18)14(19)25-16-12(11)15(22)20-6-21-16/h3-4,6,11H,19H2,1-2H3,(H,20,21,22)/t11-/m0/s1. The molecule has 0 spiro atoms. The van der Waals surface area contributed by atoms with Crippen molar-refractivity contribution < 1.29 is 14.2 Å². The molecule has 0 radical (unpaired) electrons. The first-order valence-electron chi connectivity index (χ1n) is 7.08. The summed E-state index contributed by atoms with van der Waals surface area (Å²) < 4.78 is 16.6. The number of nitrogens with one attached hydrogen (secondary N) is 1. The number of hydrogen-bond acceptors (Lipinski definition) is 7. The number of hydrogen-bond donors (Lipinski definition) is 2. The van der Waals surface area contributed by atoms with E-state index in [0.29, 0.717) is 21.5 Å². The van der Waals surface area contributed by atoms with E-state index < -0.39 is 11.5 Å². The molecule has 0 unspecified atom stereocenters. The first kappa shape index (κ1) is 16.9. The molecule has 0 saturated heterocycles. The zero-order valence-corrected chi connectivity index (χ0v) is 14.9. The van der Waals surface area contributed by atoms with Gasteiger partial charge in [-0.25, -0.2) is 4.98 Å². The highest BCUT2D eigenvalue weighted by atomic mass is 79.9. The average Bonchev–Trinajstić information content (AvgIpc) is 2.60. The van der Waals surface area contributed by atoms with Crippen molar-refractivity contribution in [2.75, 3.05) is 14.2 Å². The fourth-order valence-electron chi connectivity index (χ4n) is 2.73. The van der Waals surface area contributed by atoms with E-state index >= 15 is 0 Å². The van der Waals surface area contributed by atoms with E-state index in [1.807, 2.05) is 6.07 Å². The fraction of sp³-hybridized carbons (Fsp3) is 0.188. The lowest BCUT2D eigenvalue weighted by atomic mass is 9.85. The number of halogens is 1. The van der Waals surface area contributed by atoms with E-state index in [1.165, 1.54) is 20.5 Å². The van der Waals surface area contributed by atoms with E-state index in [-0.39, 0.29) is 22.9 Å². The number of H-pyrrole nitrogens is 1. The number of ether oxygens (including phenoxy) is 3. The van der Waals surface area contributed by atoms with Crippen LogP contribution in [0.4, 0.5) is 0 Å². The monoisotopic (exact) mass is 404 g/mol. The SMILES string of the molecule is COc1cc([C@H]2C(C#N)=C(N)Oc3nc[nH]c(=O)c32)cc(Br)c1OC. The molecule has 1 aliphatic rings. The maximum absolute atomic E-state index is 12.4. The van der Waals surface area contributed by atoms with Crippen molar-refractivity contribution in [3.63, 3.8) is 0 Å². The van der Waals surface area contributed by atoms with Crippen molar-refractivity contribution in [2.45, 2.75) is 5.92 Å². The van der Waals surface area contributed by atoms with Gasteiger partial charge in [0.2, 0.25) is 11.8 Å². The van der Waals surface area contributed by atoms with Crippen LogP contribution in [-0.2, 0) is 0 Å². The van der Waals surface area contributed by atoms with Crippen LogP contribution in [0.15, 0.2) is 39.2 Å². The van der Waals surface area contributed by atoms with E-state index in [1.54, 1.807) is 12.1 Å². The number of methoxy groups -OCH3 is 2. The van der Waals surface area contributed by atoms with Gasteiger partial charge in [-0.05, 0) is 33.6 Å². The molecule has 0 amide bonds. The van der Waals surface area contributed by atoms with Crippen LogP contribution in [0.1, 0.15) is 17.0 Å². The summed E-state index contributed by atoms with van der Waals surface area (Å²) in [5.74, 6) is 0.160. The zero-order chi connectivity index (χ0) is 18.1. The molecule has 25 heavy (non-hydrogen) atoms. The van der Waals surface area contributed by atoms with Crippen molar-refractivity contribution in [3.05, 3.63) is 55.9 Å². The van der Waals surface area contributed by atoms with Crippen molar-refractivity contribution in [1.82, 2.24) is 9.97 Å². The van der Waals surface area contributed by atoms with E-state index in [0.717, 1.165) is 0 Å². The molecule has 8 nitrogen and oxygen atoms in total. The average molecular weight is 405 g/mol. The molecule has 2 aromatic rings. The summed E-state index contributed by atoms with van der Waals surface area (Å²) in [4.78, 5) is 18.9. The summed E-state index contributed by atoms with van der Waals surface area (Å²) in [6.45, 7) is 0. The van der Waals surface area contributed by atoms with Crippen LogP contribution in [0.2, 0.25) is 0 Å². The van der Waals surface area contributed by atoms with Gasteiger partial charge in [0, 0.05) is 0 Å². The van der Waals surface area contributed by atoms with E-state index in [2.05, 4.69) is 25.9 Å². The summed E-state index contributed by atoms with van der Waals surface area (Å²) in [5.41, 5.74) is 6.37. The number of nitrogens with zero attached hydrogens (tertiary/aromatic N) is 2. The van der Waals surface area contributed by atoms with Gasteiger partial charge in [0.1, 0.15) is 11.6 Å². The van der Waals surface area contributed by atoms with E-state index in [4.69, 9.17) is 19.9 Å². The van der Waals surface area contributed by atoms with Crippen LogP contribution in [0.3, 0.4) is 0 Å². The molecule has 0 fully saturated rings. The van der Waals surface area contributed by atoms with Gasteiger partial charge in [0.25, 0.3) is 5.56 Å². The molecule has 1 aromatic carbocycles. The zero-order valence-electron chi connectivity index (χ0n) is 13.3. The number of rotatable bonds is 3. The molecule has 0 saturated carbocycles. The quantitative estimate of drug-likeness (QED) is 0.798. The van der Waals surface area contributed by atoms with Crippen LogP contribution >= 0.6 is 15.9 Å². The van der Waals surface area contributed by atoms with Crippen molar-refractivity contribution in [2.24, 2.45) is 5.73 Å². The number of nitriles is 1. The highest BCUT2D eigenvalue weighted by molar-refractivity contribution is 9.10. The third-order valence-corrected chi connectivity index (χ3v) is 4.40. The predicted octanol–water partition coefficient (Wildman–Crippen LogP) is 1.77. The Morgan fingerprint density at radius 3 is 2.80 bits per heavy atom. The van der Waals surface area contributed by atoms with Crippen molar-refractivity contribution in [3.8, 4) is 23.4 Å². The minimum absolute atomic E-state index is 0.0659.